The molecule has 0 amide bonds. The summed E-state index contributed by atoms with van der Waals surface area (Å²) in [6, 6.07) is 0. The molecule has 2 aromatic heterocycles. The topological polar surface area (TPSA) is 17.6 Å². The molecule has 84 valence electrons. The fourth-order valence-corrected chi connectivity index (χ4v) is 2.11. The molecule has 16 heavy (non-hydrogen) atoms. The third-order valence-corrected chi connectivity index (χ3v) is 2.96. The highest BCUT2D eigenvalue weighted by Crippen LogP contribution is 1.96. The van der Waals surface area contributed by atoms with E-state index in [0.717, 1.165) is 39.0 Å². The minimum absolute atomic E-state index is 0.580. The molecule has 0 atom stereocenters. The van der Waals surface area contributed by atoms with Crippen molar-refractivity contribution in [2.24, 2.45) is 0 Å². The summed E-state index contributed by atoms with van der Waals surface area (Å²) in [5.41, 5.74) is 0. The van der Waals surface area contributed by atoms with Crippen molar-refractivity contribution >= 4 is 0 Å². The molecular formula is C12H18N4+2. The summed E-state index contributed by atoms with van der Waals surface area (Å²) in [5, 5.41) is 0. The number of imidazole rings is 2. The number of nitrogens with zero attached hydrogens (tertiary/aromatic N) is 4. The molecule has 0 fully saturated rings. The maximum absolute atomic E-state index is 8.06. The predicted octanol–water partition coefficient (Wildman–Crippen LogP) is 0.359. The van der Waals surface area contributed by atoms with Crippen molar-refractivity contribution in [1.29, 1.82) is 0 Å². The van der Waals surface area contributed by atoms with Crippen molar-refractivity contribution in [3.63, 3.8) is 0 Å². The van der Waals surface area contributed by atoms with Gasteiger partial charge in [0.1, 0.15) is 24.8 Å². The lowest BCUT2D eigenvalue weighted by atomic mass is 10.4. The van der Waals surface area contributed by atoms with Crippen LogP contribution in [0, 0.1) is 0 Å². The zero-order chi connectivity index (χ0) is 12.5. The summed E-state index contributed by atoms with van der Waals surface area (Å²) in [4.78, 5) is 0. The van der Waals surface area contributed by atoms with Crippen LogP contribution in [-0.4, -0.2) is 9.13 Å². The van der Waals surface area contributed by atoms with E-state index in [1.165, 1.54) is 0 Å². The van der Waals surface area contributed by atoms with Crippen LogP contribution in [0.25, 0.3) is 0 Å². The zero-order valence-electron chi connectivity index (χ0n) is 11.3. The fraction of sp³-hybridized carbons (Fsp3) is 0.500. The highest BCUT2D eigenvalue weighted by atomic mass is 15.1. The Kier molecular flexibility index (Phi) is 1.97. The average Bonchev–Trinajstić information content (AvgIpc) is 2.88. The molecule has 1 aliphatic rings. The first-order valence-corrected chi connectivity index (χ1v) is 5.86. The molecule has 4 bridgehead atoms. The van der Waals surface area contributed by atoms with E-state index in [2.05, 4.69) is 0 Å². The summed E-state index contributed by atoms with van der Waals surface area (Å²) in [5.74, 6) is 0. The SMILES string of the molecule is [2H]c1n2cc[n+]1CCC[n+]1ccn(c1[2H])CCC2. The van der Waals surface area contributed by atoms with Gasteiger partial charge in [-0.1, -0.05) is 0 Å². The largest absolute Gasteiger partial charge is 0.243 e. The molecule has 3 rings (SSSR count). The Bertz CT molecular complexity index is 465. The molecule has 0 radical (unpaired) electrons. The molecule has 0 N–H and O–H groups in total. The van der Waals surface area contributed by atoms with Gasteiger partial charge in [-0.25, -0.2) is 18.3 Å². The van der Waals surface area contributed by atoms with E-state index < -0.39 is 0 Å². The van der Waals surface area contributed by atoms with Crippen LogP contribution in [0.1, 0.15) is 15.6 Å². The lowest BCUT2D eigenvalue weighted by Crippen LogP contribution is -2.37. The highest BCUT2D eigenvalue weighted by Gasteiger charge is 2.09. The van der Waals surface area contributed by atoms with Gasteiger partial charge in [-0.3, -0.25) is 0 Å². The molecule has 0 unspecified atom stereocenters. The highest BCUT2D eigenvalue weighted by molar-refractivity contribution is 4.69. The minimum Gasteiger partial charge on any atom is -0.237 e. The second-order valence-corrected chi connectivity index (χ2v) is 4.28. The Labute approximate surface area is 98.2 Å². The maximum Gasteiger partial charge on any atom is 0.243 e. The van der Waals surface area contributed by atoms with Gasteiger partial charge >= 0.3 is 0 Å². The second kappa shape index (κ2) is 4.12. The number of hydrogen-bond acceptors (Lipinski definition) is 0. The lowest BCUT2D eigenvalue weighted by Gasteiger charge is -1.98. The van der Waals surface area contributed by atoms with Gasteiger partial charge < -0.3 is 0 Å². The zero-order valence-corrected chi connectivity index (χ0v) is 9.34. The number of rotatable bonds is 0. The molecule has 1 aliphatic heterocycles. The molecular weight excluding hydrogens is 200 g/mol. The molecule has 0 spiro atoms. The monoisotopic (exact) mass is 220 g/mol. The number of aromatic nitrogens is 4. The van der Waals surface area contributed by atoms with Gasteiger partial charge in [0.2, 0.25) is 12.6 Å². The van der Waals surface area contributed by atoms with Crippen LogP contribution in [0.3, 0.4) is 0 Å². The summed E-state index contributed by atoms with van der Waals surface area (Å²) in [6.07, 6.45) is 11.0. The molecule has 0 saturated carbocycles. The summed E-state index contributed by atoms with van der Waals surface area (Å²) >= 11 is 0. The summed E-state index contributed by atoms with van der Waals surface area (Å²) in [7, 11) is 0. The van der Waals surface area contributed by atoms with Crippen LogP contribution in [0.4, 0.5) is 0 Å². The van der Waals surface area contributed by atoms with Crippen molar-refractivity contribution < 1.29 is 11.9 Å². The van der Waals surface area contributed by atoms with Crippen molar-refractivity contribution in [2.45, 2.75) is 39.0 Å². The number of hydrogen-bond donors (Lipinski definition) is 0. The van der Waals surface area contributed by atoms with Crippen LogP contribution >= 0.6 is 0 Å². The van der Waals surface area contributed by atoms with Crippen molar-refractivity contribution in [3.8, 4) is 0 Å². The standard InChI is InChI=1S/C12H18N4/c1-3-13-7-9-15(11-13)5-2-6-16-10-8-14(4-1)12-16/h7-12H,1-6H2/q+2/i11D,12D. The number of fused-ring (bicyclic) bond motifs is 4. The quantitative estimate of drug-likeness (QED) is 0.571. The van der Waals surface area contributed by atoms with Crippen molar-refractivity contribution in [1.82, 2.24) is 9.13 Å². The Balaban J connectivity index is 1.87. The minimum atomic E-state index is 0.580. The van der Waals surface area contributed by atoms with Gasteiger partial charge in [-0.2, -0.15) is 0 Å². The van der Waals surface area contributed by atoms with Crippen molar-refractivity contribution in [3.05, 3.63) is 37.4 Å². The summed E-state index contributed by atoms with van der Waals surface area (Å²) in [6.45, 7) is 3.35. The first-order valence-electron chi connectivity index (χ1n) is 6.86. The Morgan fingerprint density at radius 1 is 0.875 bits per heavy atom. The smallest absolute Gasteiger partial charge is 0.237 e. The Hall–Kier alpha value is -1.58. The van der Waals surface area contributed by atoms with E-state index in [-0.39, 0.29) is 0 Å². The van der Waals surface area contributed by atoms with E-state index in [0.29, 0.717) is 12.6 Å². The fourth-order valence-electron chi connectivity index (χ4n) is 2.11. The van der Waals surface area contributed by atoms with Gasteiger partial charge in [0.05, 0.1) is 26.2 Å². The summed E-state index contributed by atoms with van der Waals surface area (Å²) < 4.78 is 24.0. The molecule has 0 saturated heterocycles. The molecule has 4 heteroatoms. The molecule has 0 aromatic carbocycles. The lowest BCUT2D eigenvalue weighted by molar-refractivity contribution is -0.726. The third kappa shape index (κ3) is 2.01. The molecule has 4 nitrogen and oxygen atoms in total. The van der Waals surface area contributed by atoms with Gasteiger partial charge in [-0.05, 0) is 0 Å². The molecule has 2 aromatic rings. The van der Waals surface area contributed by atoms with Crippen LogP contribution in [-0.2, 0) is 26.2 Å². The van der Waals surface area contributed by atoms with Gasteiger partial charge in [0.15, 0.2) is 2.74 Å². The number of aryl methyl sites for hydroxylation is 4. The first kappa shape index (κ1) is 7.65. The van der Waals surface area contributed by atoms with Gasteiger partial charge in [0.25, 0.3) is 0 Å². The Morgan fingerprint density at radius 3 is 2.00 bits per heavy atom. The first-order chi connectivity index (χ1) is 8.75. The Morgan fingerprint density at radius 2 is 1.44 bits per heavy atom. The van der Waals surface area contributed by atoms with Crippen LogP contribution in [0.15, 0.2) is 37.4 Å². The van der Waals surface area contributed by atoms with Crippen LogP contribution < -0.4 is 9.13 Å². The van der Waals surface area contributed by atoms with Gasteiger partial charge in [-0.15, -0.1) is 0 Å². The van der Waals surface area contributed by atoms with E-state index in [4.69, 9.17) is 2.74 Å². The van der Waals surface area contributed by atoms with Crippen LogP contribution in [0.2, 0.25) is 0 Å². The van der Waals surface area contributed by atoms with E-state index in [1.807, 2.05) is 43.1 Å². The van der Waals surface area contributed by atoms with Gasteiger partial charge in [0, 0.05) is 12.8 Å². The van der Waals surface area contributed by atoms with Crippen LogP contribution in [0.5, 0.6) is 0 Å². The normalized spacial score (nSPS) is 18.2. The van der Waals surface area contributed by atoms with Crippen molar-refractivity contribution in [2.75, 3.05) is 0 Å². The predicted molar refractivity (Wildman–Crippen MR) is 58.5 cm³/mol. The second-order valence-electron chi connectivity index (χ2n) is 4.28. The van der Waals surface area contributed by atoms with E-state index in [1.54, 1.807) is 0 Å². The molecule has 0 aliphatic carbocycles. The average molecular weight is 220 g/mol. The van der Waals surface area contributed by atoms with E-state index in [9.17, 15) is 0 Å². The maximum atomic E-state index is 8.06. The third-order valence-electron chi connectivity index (χ3n) is 2.96. The molecule has 3 heterocycles. The van der Waals surface area contributed by atoms with E-state index >= 15 is 0 Å².